The molecule has 0 aliphatic heterocycles. The molecule has 0 unspecified atom stereocenters. The predicted molar refractivity (Wildman–Crippen MR) is 89.4 cm³/mol. The lowest BCUT2D eigenvalue weighted by atomic mass is 10.0. The minimum absolute atomic E-state index is 0.286. The average molecular weight is 322 g/mol. The highest BCUT2D eigenvalue weighted by Crippen LogP contribution is 2.31. The van der Waals surface area contributed by atoms with Crippen molar-refractivity contribution in [3.8, 4) is 11.3 Å². The Kier molecular flexibility index (Phi) is 3.66. The van der Waals surface area contributed by atoms with E-state index in [0.29, 0.717) is 40.0 Å². The van der Waals surface area contributed by atoms with Gasteiger partial charge in [0.05, 0.1) is 12.3 Å². The van der Waals surface area contributed by atoms with Crippen LogP contribution in [0.25, 0.3) is 27.1 Å². The fourth-order valence-electron chi connectivity index (χ4n) is 2.74. The molecule has 3 aromatic rings. The van der Waals surface area contributed by atoms with Crippen LogP contribution < -0.4 is 5.56 Å². The van der Waals surface area contributed by atoms with Gasteiger partial charge in [0, 0.05) is 30.4 Å². The average Bonchev–Trinajstić information content (AvgIpc) is 2.89. The van der Waals surface area contributed by atoms with E-state index in [1.807, 2.05) is 14.0 Å². The number of hydrogen-bond donors (Lipinski definition) is 2. The fraction of sp³-hybridized carbons (Fsp3) is 0.176. The molecular weight excluding hydrogens is 308 g/mol. The van der Waals surface area contributed by atoms with Gasteiger partial charge in [0.25, 0.3) is 5.56 Å². The van der Waals surface area contributed by atoms with Crippen molar-refractivity contribution in [2.75, 3.05) is 0 Å². The maximum absolute atomic E-state index is 12.0. The number of rotatable bonds is 3. The highest BCUT2D eigenvalue weighted by molar-refractivity contribution is 5.94. The minimum atomic E-state index is -1.26. The van der Waals surface area contributed by atoms with Gasteiger partial charge in [-0.15, -0.1) is 0 Å². The van der Waals surface area contributed by atoms with Gasteiger partial charge in [-0.1, -0.05) is 13.0 Å². The molecular formula is C17H14N4O3. The molecule has 3 heterocycles. The van der Waals surface area contributed by atoms with Crippen LogP contribution in [0.1, 0.15) is 22.8 Å². The van der Waals surface area contributed by atoms with E-state index < -0.39 is 11.5 Å². The lowest BCUT2D eigenvalue weighted by Crippen LogP contribution is -2.19. The molecule has 3 rings (SSSR count). The van der Waals surface area contributed by atoms with Crippen LogP contribution in [-0.4, -0.2) is 25.6 Å². The van der Waals surface area contributed by atoms with Crippen LogP contribution in [0.2, 0.25) is 0 Å². The van der Waals surface area contributed by atoms with E-state index >= 15 is 0 Å². The number of hydrogen-bond acceptors (Lipinski definition) is 3. The van der Waals surface area contributed by atoms with Gasteiger partial charge in [-0.25, -0.2) is 14.6 Å². The number of nitrogens with one attached hydrogen (secondary N) is 1. The summed E-state index contributed by atoms with van der Waals surface area (Å²) in [4.78, 5) is 33.6. The molecule has 7 nitrogen and oxygen atoms in total. The zero-order chi connectivity index (χ0) is 17.4. The van der Waals surface area contributed by atoms with E-state index in [1.54, 1.807) is 23.0 Å². The van der Waals surface area contributed by atoms with Gasteiger partial charge in [-0.05, 0) is 18.1 Å². The Balaban J connectivity index is 2.28. The maximum atomic E-state index is 12.0. The monoisotopic (exact) mass is 322 g/mol. The van der Waals surface area contributed by atoms with Crippen LogP contribution in [-0.2, 0) is 13.5 Å². The summed E-state index contributed by atoms with van der Waals surface area (Å²) in [6.07, 6.45) is 3.86. The number of nitrogens with zero attached hydrogens (tertiary/aromatic N) is 3. The second kappa shape index (κ2) is 5.66. The number of aromatic nitrogens is 3. The first-order valence-electron chi connectivity index (χ1n) is 7.28. The summed E-state index contributed by atoms with van der Waals surface area (Å²) in [5.41, 5.74) is 2.08. The van der Waals surface area contributed by atoms with E-state index in [4.69, 9.17) is 11.7 Å². The first kappa shape index (κ1) is 15.5. The largest absolute Gasteiger partial charge is 0.477 e. The predicted octanol–water partition coefficient (Wildman–Crippen LogP) is 2.74. The van der Waals surface area contributed by atoms with E-state index in [1.165, 1.54) is 6.07 Å². The van der Waals surface area contributed by atoms with E-state index in [-0.39, 0.29) is 5.56 Å². The normalized spacial score (nSPS) is 10.7. The van der Waals surface area contributed by atoms with Crippen LogP contribution in [0.15, 0.2) is 29.3 Å². The molecule has 24 heavy (non-hydrogen) atoms. The molecule has 0 aromatic carbocycles. The highest BCUT2D eigenvalue weighted by atomic mass is 16.4. The number of aryl methyl sites for hydroxylation is 2. The Bertz CT molecular complexity index is 1070. The van der Waals surface area contributed by atoms with Crippen molar-refractivity contribution < 1.29 is 9.90 Å². The molecule has 0 saturated carbocycles. The zero-order valence-electron chi connectivity index (χ0n) is 13.1. The van der Waals surface area contributed by atoms with Gasteiger partial charge in [0.2, 0.25) is 5.69 Å². The molecule has 120 valence electrons. The number of aromatic carboxylic acids is 1. The molecule has 7 heteroatoms. The number of pyridine rings is 2. The summed E-state index contributed by atoms with van der Waals surface area (Å²) in [5, 5.41) is 9.78. The second-order valence-electron chi connectivity index (χ2n) is 5.40. The highest BCUT2D eigenvalue weighted by Gasteiger charge is 2.16. The molecule has 3 aromatic heterocycles. The van der Waals surface area contributed by atoms with Crippen molar-refractivity contribution in [1.82, 2.24) is 14.5 Å². The molecule has 0 radical (unpaired) electrons. The molecule has 0 amide bonds. The quantitative estimate of drug-likeness (QED) is 0.725. The number of carbonyl (C=O) groups is 1. The van der Waals surface area contributed by atoms with Crippen molar-refractivity contribution in [3.05, 3.63) is 57.4 Å². The van der Waals surface area contributed by atoms with Crippen LogP contribution >= 0.6 is 0 Å². The van der Waals surface area contributed by atoms with E-state index in [9.17, 15) is 9.59 Å². The summed E-state index contributed by atoms with van der Waals surface area (Å²) in [6.45, 7) is 9.14. The van der Waals surface area contributed by atoms with Crippen LogP contribution in [0.3, 0.4) is 0 Å². The minimum Gasteiger partial charge on any atom is -0.477 e. The number of carboxylic acid groups (broad SMARTS) is 1. The third kappa shape index (κ3) is 2.34. The SMILES string of the molecule is [C-]#[N+]c1cn(C)c2ncc(-c3[nH]c(=O)c(C(=O)O)cc3CC)cc12. The molecule has 0 fully saturated rings. The summed E-state index contributed by atoms with van der Waals surface area (Å²) in [6, 6.07) is 3.18. The standard InChI is InChI=1S/C17H14N4O3/c1-4-9-5-12(17(23)24)16(22)20-14(9)10-6-11-13(18-2)8-21(3)15(11)19-7-10/h5-8H,4H2,1,3H3,(H,20,22)(H,23,24). The summed E-state index contributed by atoms with van der Waals surface area (Å²) in [7, 11) is 1.81. The van der Waals surface area contributed by atoms with Gasteiger partial charge in [-0.2, -0.15) is 0 Å². The van der Waals surface area contributed by atoms with Gasteiger partial charge >= 0.3 is 5.97 Å². The Morgan fingerprint density at radius 3 is 2.83 bits per heavy atom. The molecule has 0 aliphatic carbocycles. The molecule has 0 bridgehead atoms. The summed E-state index contributed by atoms with van der Waals surface area (Å²) in [5.74, 6) is -1.26. The summed E-state index contributed by atoms with van der Waals surface area (Å²) >= 11 is 0. The lowest BCUT2D eigenvalue weighted by molar-refractivity contribution is 0.0695. The smallest absolute Gasteiger partial charge is 0.341 e. The zero-order valence-corrected chi connectivity index (χ0v) is 13.1. The molecule has 0 saturated heterocycles. The van der Waals surface area contributed by atoms with Gasteiger partial charge in [0.15, 0.2) is 0 Å². The van der Waals surface area contributed by atoms with Crippen molar-refractivity contribution in [2.24, 2.45) is 7.05 Å². The first-order valence-corrected chi connectivity index (χ1v) is 7.28. The van der Waals surface area contributed by atoms with Crippen molar-refractivity contribution in [1.29, 1.82) is 0 Å². The lowest BCUT2D eigenvalue weighted by Gasteiger charge is -2.09. The molecule has 0 atom stereocenters. The van der Waals surface area contributed by atoms with Crippen LogP contribution in [0, 0.1) is 6.57 Å². The molecule has 2 N–H and O–H groups in total. The molecule has 0 aliphatic rings. The Morgan fingerprint density at radius 1 is 1.46 bits per heavy atom. The van der Waals surface area contributed by atoms with Crippen molar-refractivity contribution >= 4 is 22.7 Å². The van der Waals surface area contributed by atoms with Gasteiger partial charge in [0.1, 0.15) is 11.2 Å². The fourth-order valence-corrected chi connectivity index (χ4v) is 2.74. The third-order valence-electron chi connectivity index (χ3n) is 3.94. The van der Waals surface area contributed by atoms with Crippen molar-refractivity contribution in [2.45, 2.75) is 13.3 Å². The van der Waals surface area contributed by atoms with Gasteiger partial charge in [-0.3, -0.25) is 4.79 Å². The Labute approximate surface area is 137 Å². The second-order valence-corrected chi connectivity index (χ2v) is 5.40. The maximum Gasteiger partial charge on any atom is 0.341 e. The first-order chi connectivity index (χ1) is 11.5. The number of fused-ring (bicyclic) bond motifs is 1. The number of aromatic amines is 1. The van der Waals surface area contributed by atoms with Crippen LogP contribution in [0.5, 0.6) is 0 Å². The number of carboxylic acids is 1. The van der Waals surface area contributed by atoms with Gasteiger partial charge < -0.3 is 14.7 Å². The van der Waals surface area contributed by atoms with E-state index in [2.05, 4.69) is 14.8 Å². The topological polar surface area (TPSA) is 92.3 Å². The van der Waals surface area contributed by atoms with E-state index in [0.717, 1.165) is 0 Å². The third-order valence-corrected chi connectivity index (χ3v) is 3.94. The summed E-state index contributed by atoms with van der Waals surface area (Å²) < 4.78 is 1.77. The van der Waals surface area contributed by atoms with Crippen LogP contribution in [0.4, 0.5) is 5.69 Å². The Hall–Kier alpha value is -3.40. The Morgan fingerprint density at radius 2 is 2.21 bits per heavy atom. The molecule has 0 spiro atoms. The van der Waals surface area contributed by atoms with Crippen molar-refractivity contribution in [3.63, 3.8) is 0 Å². The number of H-pyrrole nitrogens is 1.